The van der Waals surface area contributed by atoms with E-state index in [2.05, 4.69) is 45.0 Å². The summed E-state index contributed by atoms with van der Waals surface area (Å²) in [6, 6.07) is 20.3. The van der Waals surface area contributed by atoms with E-state index in [1.54, 1.807) is 6.07 Å². The van der Waals surface area contributed by atoms with E-state index in [-0.39, 0.29) is 11.5 Å². The Labute approximate surface area is 200 Å². The fraction of sp³-hybridized carbons (Fsp3) is 0.321. The van der Waals surface area contributed by atoms with Crippen LogP contribution < -0.4 is 15.9 Å². The molecule has 178 valence electrons. The van der Waals surface area contributed by atoms with E-state index in [4.69, 9.17) is 9.73 Å². The Bertz CT molecular complexity index is 1150. The summed E-state index contributed by atoms with van der Waals surface area (Å²) in [7, 11) is -1.13. The largest absolute Gasteiger partial charge is 0.475 e. The maximum Gasteiger partial charge on any atom is 0.416 e. The van der Waals surface area contributed by atoms with E-state index in [0.29, 0.717) is 18.1 Å². The molecule has 0 fully saturated rings. The number of aliphatic imine (C=N–C) groups is 1. The molecule has 1 heterocycles. The molecule has 0 spiro atoms. The third kappa shape index (κ3) is 5.20. The van der Waals surface area contributed by atoms with E-state index in [1.807, 2.05) is 38.1 Å². The van der Waals surface area contributed by atoms with Crippen LogP contribution in [0.25, 0.3) is 0 Å². The Morgan fingerprint density at radius 1 is 0.824 bits per heavy atom. The van der Waals surface area contributed by atoms with Crippen LogP contribution in [0.4, 0.5) is 13.2 Å². The summed E-state index contributed by atoms with van der Waals surface area (Å²) < 4.78 is 47.1. The minimum absolute atomic E-state index is 0.116. The number of nitrogens with zero attached hydrogens (tertiary/aromatic N) is 1. The van der Waals surface area contributed by atoms with E-state index >= 15 is 0 Å². The van der Waals surface area contributed by atoms with Crippen molar-refractivity contribution in [3.05, 3.63) is 89.0 Å². The number of ether oxygens (including phenoxy) is 1. The van der Waals surface area contributed by atoms with Crippen molar-refractivity contribution in [3.63, 3.8) is 0 Å². The lowest BCUT2D eigenvalue weighted by molar-refractivity contribution is -0.137. The Balaban J connectivity index is 1.94. The molecule has 6 heteroatoms. The van der Waals surface area contributed by atoms with Gasteiger partial charge in [0.1, 0.15) is 6.61 Å². The SMILES string of the molecule is Cc1ccc(P(c2ccc(C)cc2)c2ccc(C(F)(F)F)cc2C2=N[C@@H](C(C)(C)C)CO2)cc1. The van der Waals surface area contributed by atoms with Gasteiger partial charge in [0.25, 0.3) is 0 Å². The molecule has 3 aromatic carbocycles. The summed E-state index contributed by atoms with van der Waals surface area (Å²) in [5, 5.41) is 2.94. The average Bonchev–Trinajstić information content (AvgIpc) is 3.27. The summed E-state index contributed by atoms with van der Waals surface area (Å²) >= 11 is 0. The van der Waals surface area contributed by atoms with Crippen molar-refractivity contribution >= 4 is 29.7 Å². The van der Waals surface area contributed by atoms with Crippen LogP contribution in [0.2, 0.25) is 0 Å². The van der Waals surface area contributed by atoms with Crippen molar-refractivity contribution in [2.45, 2.75) is 46.8 Å². The van der Waals surface area contributed by atoms with Gasteiger partial charge < -0.3 is 4.74 Å². The highest BCUT2D eigenvalue weighted by Crippen LogP contribution is 2.38. The molecule has 0 amide bonds. The van der Waals surface area contributed by atoms with Crippen molar-refractivity contribution in [2.24, 2.45) is 10.4 Å². The molecule has 0 saturated carbocycles. The zero-order valence-electron chi connectivity index (χ0n) is 20.1. The number of hydrogen-bond acceptors (Lipinski definition) is 2. The Kier molecular flexibility index (Phi) is 6.61. The van der Waals surface area contributed by atoms with Crippen molar-refractivity contribution < 1.29 is 17.9 Å². The van der Waals surface area contributed by atoms with E-state index < -0.39 is 19.7 Å². The number of rotatable bonds is 4. The average molecular weight is 484 g/mol. The number of alkyl halides is 3. The van der Waals surface area contributed by atoms with Gasteiger partial charge in [-0.05, 0) is 55.2 Å². The molecule has 0 aliphatic carbocycles. The lowest BCUT2D eigenvalue weighted by Crippen LogP contribution is -2.26. The molecule has 4 rings (SSSR count). The molecule has 1 aliphatic heterocycles. The molecule has 2 nitrogen and oxygen atoms in total. The van der Waals surface area contributed by atoms with Crippen LogP contribution in [0.15, 0.2) is 71.7 Å². The highest BCUT2D eigenvalue weighted by atomic mass is 31.1. The van der Waals surface area contributed by atoms with Gasteiger partial charge in [0.05, 0.1) is 11.6 Å². The van der Waals surface area contributed by atoms with Crippen molar-refractivity contribution in [3.8, 4) is 0 Å². The number of aryl methyl sites for hydroxylation is 2. The maximum absolute atomic E-state index is 13.7. The normalized spacial score (nSPS) is 16.5. The molecule has 34 heavy (non-hydrogen) atoms. The summed E-state index contributed by atoms with van der Waals surface area (Å²) in [5.41, 5.74) is 1.84. The Morgan fingerprint density at radius 2 is 1.35 bits per heavy atom. The smallest absolute Gasteiger partial charge is 0.416 e. The van der Waals surface area contributed by atoms with Gasteiger partial charge in [-0.2, -0.15) is 13.2 Å². The first-order valence-electron chi connectivity index (χ1n) is 11.3. The first-order valence-corrected chi connectivity index (χ1v) is 12.6. The summed E-state index contributed by atoms with van der Waals surface area (Å²) in [6.45, 7) is 10.6. The lowest BCUT2D eigenvalue weighted by Gasteiger charge is -2.23. The molecule has 0 saturated heterocycles. The third-order valence-corrected chi connectivity index (χ3v) is 8.53. The molecule has 3 aromatic rings. The zero-order valence-corrected chi connectivity index (χ0v) is 21.0. The number of halogens is 3. The second-order valence-electron chi connectivity index (χ2n) is 9.86. The number of hydrogen-bond donors (Lipinski definition) is 0. The summed E-state index contributed by atoms with van der Waals surface area (Å²) in [5.74, 6) is 0.299. The molecule has 0 aromatic heterocycles. The van der Waals surface area contributed by atoms with Crippen LogP contribution in [-0.4, -0.2) is 18.5 Å². The molecule has 0 bridgehead atoms. The minimum Gasteiger partial charge on any atom is -0.475 e. The van der Waals surface area contributed by atoms with Crippen molar-refractivity contribution in [1.82, 2.24) is 0 Å². The van der Waals surface area contributed by atoms with Crippen LogP contribution in [0, 0.1) is 19.3 Å². The second kappa shape index (κ2) is 9.19. The predicted molar refractivity (Wildman–Crippen MR) is 135 cm³/mol. The van der Waals surface area contributed by atoms with Crippen LogP contribution in [0.3, 0.4) is 0 Å². The van der Waals surface area contributed by atoms with Gasteiger partial charge in [-0.3, -0.25) is 0 Å². The molecule has 0 unspecified atom stereocenters. The maximum atomic E-state index is 13.7. The van der Waals surface area contributed by atoms with Gasteiger partial charge >= 0.3 is 6.18 Å². The van der Waals surface area contributed by atoms with Crippen LogP contribution in [-0.2, 0) is 10.9 Å². The van der Waals surface area contributed by atoms with Gasteiger partial charge in [-0.15, -0.1) is 0 Å². The van der Waals surface area contributed by atoms with Crippen LogP contribution >= 0.6 is 7.92 Å². The van der Waals surface area contributed by atoms with Gasteiger partial charge in [0.15, 0.2) is 0 Å². The van der Waals surface area contributed by atoms with E-state index in [9.17, 15) is 13.2 Å². The zero-order chi connectivity index (χ0) is 24.7. The summed E-state index contributed by atoms with van der Waals surface area (Å²) in [4.78, 5) is 4.75. The molecule has 1 atom stereocenters. The standard InChI is InChI=1S/C28H29F3NOP/c1-18-6-11-21(12-7-18)34(22-13-8-19(2)9-14-22)24-15-10-20(28(29,30)31)16-23(24)26-32-25(17-33-26)27(3,4)5/h6-16,25H,17H2,1-5H3/t25-/m1/s1. The van der Waals surface area contributed by atoms with Crippen LogP contribution in [0.1, 0.15) is 43.0 Å². The van der Waals surface area contributed by atoms with Gasteiger partial charge in [0.2, 0.25) is 5.90 Å². The Hall–Kier alpha value is -2.65. The van der Waals surface area contributed by atoms with Gasteiger partial charge in [0, 0.05) is 5.56 Å². The van der Waals surface area contributed by atoms with Crippen molar-refractivity contribution in [2.75, 3.05) is 6.61 Å². The topological polar surface area (TPSA) is 21.6 Å². The molecule has 0 N–H and O–H groups in total. The minimum atomic E-state index is -4.45. The first-order chi connectivity index (χ1) is 15.9. The second-order valence-corrected chi connectivity index (χ2v) is 12.0. The monoisotopic (exact) mass is 483 g/mol. The first kappa shape index (κ1) is 24.5. The third-order valence-electron chi connectivity index (χ3n) is 6.03. The number of benzene rings is 3. The molecule has 0 radical (unpaired) electrons. The van der Waals surface area contributed by atoms with Crippen molar-refractivity contribution in [1.29, 1.82) is 0 Å². The van der Waals surface area contributed by atoms with Gasteiger partial charge in [-0.1, -0.05) is 86.5 Å². The van der Waals surface area contributed by atoms with Gasteiger partial charge in [-0.25, -0.2) is 4.99 Å². The highest BCUT2D eigenvalue weighted by molar-refractivity contribution is 7.80. The highest BCUT2D eigenvalue weighted by Gasteiger charge is 2.36. The van der Waals surface area contributed by atoms with E-state index in [1.165, 1.54) is 12.1 Å². The quantitative estimate of drug-likeness (QED) is 0.401. The molecular formula is C28H29F3NOP. The Morgan fingerprint density at radius 3 is 1.79 bits per heavy atom. The fourth-order valence-corrected chi connectivity index (χ4v) is 6.23. The van der Waals surface area contributed by atoms with Crippen LogP contribution in [0.5, 0.6) is 0 Å². The molecule has 1 aliphatic rings. The summed E-state index contributed by atoms with van der Waals surface area (Å²) in [6.07, 6.45) is -4.45. The van der Waals surface area contributed by atoms with E-state index in [0.717, 1.165) is 27.0 Å². The fourth-order valence-electron chi connectivity index (χ4n) is 3.86. The predicted octanol–water partition coefficient (Wildman–Crippen LogP) is 6.27. The molecular weight excluding hydrogens is 454 g/mol. The lowest BCUT2D eigenvalue weighted by atomic mass is 9.88.